The van der Waals surface area contributed by atoms with E-state index in [4.69, 9.17) is 10.3 Å². The van der Waals surface area contributed by atoms with E-state index >= 15 is 0 Å². The van der Waals surface area contributed by atoms with Crippen LogP contribution in [0.2, 0.25) is 0 Å². The topological polar surface area (TPSA) is 64.9 Å². The largest absolute Gasteiger partial charge is 0.334 e. The maximum Gasteiger partial charge on any atom is 0.257 e. The van der Waals surface area contributed by atoms with Crippen LogP contribution in [0, 0.1) is 3.57 Å². The minimum absolute atomic E-state index is 0.384. The third kappa shape index (κ3) is 2.16. The number of rotatable bonds is 2. The number of nitrogens with zero attached hydrogens (tertiary/aromatic N) is 2. The average molecular weight is 355 g/mol. The smallest absolute Gasteiger partial charge is 0.257 e. The van der Waals surface area contributed by atoms with Crippen LogP contribution in [0.1, 0.15) is 31.5 Å². The average Bonchev–Trinajstić information content (AvgIpc) is 2.99. The highest BCUT2D eigenvalue weighted by Gasteiger charge is 2.36. The molecule has 1 aromatic heterocycles. The maximum absolute atomic E-state index is 6.31. The Kier molecular flexibility index (Phi) is 3.11. The van der Waals surface area contributed by atoms with Gasteiger partial charge in [0.05, 0.1) is 5.54 Å². The highest BCUT2D eigenvalue weighted by Crippen LogP contribution is 2.35. The van der Waals surface area contributed by atoms with E-state index < -0.39 is 0 Å². The number of hydrogen-bond donors (Lipinski definition) is 1. The van der Waals surface area contributed by atoms with E-state index in [2.05, 4.69) is 32.7 Å². The van der Waals surface area contributed by atoms with E-state index in [0.29, 0.717) is 11.7 Å². The second-order valence-electron chi connectivity index (χ2n) is 4.79. The summed E-state index contributed by atoms with van der Waals surface area (Å²) in [7, 11) is 0. The second-order valence-corrected chi connectivity index (χ2v) is 6.04. The van der Waals surface area contributed by atoms with Gasteiger partial charge in [0.15, 0.2) is 5.82 Å². The van der Waals surface area contributed by atoms with Gasteiger partial charge in [-0.05, 0) is 59.7 Å². The summed E-state index contributed by atoms with van der Waals surface area (Å²) in [4.78, 5) is 4.46. The lowest BCUT2D eigenvalue weighted by molar-refractivity contribution is 0.372. The van der Waals surface area contributed by atoms with Crippen LogP contribution in [0.15, 0.2) is 28.8 Å². The van der Waals surface area contributed by atoms with E-state index in [1.165, 1.54) is 3.57 Å². The fraction of sp³-hybridized carbons (Fsp3) is 0.385. The molecule has 94 valence electrons. The molecule has 5 heteroatoms. The Balaban J connectivity index is 1.91. The van der Waals surface area contributed by atoms with Crippen molar-refractivity contribution in [2.24, 2.45) is 5.73 Å². The van der Waals surface area contributed by atoms with E-state index in [1.54, 1.807) is 0 Å². The van der Waals surface area contributed by atoms with Gasteiger partial charge in [-0.25, -0.2) is 0 Å². The summed E-state index contributed by atoms with van der Waals surface area (Å²) in [5.41, 5.74) is 6.87. The quantitative estimate of drug-likeness (QED) is 0.841. The van der Waals surface area contributed by atoms with Crippen molar-refractivity contribution in [1.82, 2.24) is 10.1 Å². The lowest BCUT2D eigenvalue weighted by atomic mass is 9.99. The molecular weight excluding hydrogens is 341 g/mol. The molecule has 2 aromatic rings. The van der Waals surface area contributed by atoms with Crippen LogP contribution in [0.5, 0.6) is 0 Å². The van der Waals surface area contributed by atoms with Gasteiger partial charge in [0.2, 0.25) is 0 Å². The third-order valence-corrected chi connectivity index (χ3v) is 4.18. The minimum atomic E-state index is -0.384. The zero-order chi connectivity index (χ0) is 12.6. The molecule has 0 radical (unpaired) electrons. The Morgan fingerprint density at radius 3 is 2.50 bits per heavy atom. The summed E-state index contributed by atoms with van der Waals surface area (Å²) < 4.78 is 6.51. The van der Waals surface area contributed by atoms with Crippen LogP contribution in [0.25, 0.3) is 11.5 Å². The molecule has 18 heavy (non-hydrogen) atoms. The lowest BCUT2D eigenvalue weighted by Gasteiger charge is -2.17. The first-order valence-corrected chi connectivity index (χ1v) is 7.14. The summed E-state index contributed by atoms with van der Waals surface area (Å²) >= 11 is 2.27. The Hall–Kier alpha value is -0.950. The van der Waals surface area contributed by atoms with Crippen LogP contribution in [0.3, 0.4) is 0 Å². The molecule has 0 amide bonds. The summed E-state index contributed by atoms with van der Waals surface area (Å²) in [5.74, 6) is 1.20. The molecule has 0 saturated heterocycles. The van der Waals surface area contributed by atoms with Gasteiger partial charge in [-0.3, -0.25) is 0 Å². The van der Waals surface area contributed by atoms with Crippen LogP contribution in [0.4, 0.5) is 0 Å². The van der Waals surface area contributed by atoms with Crippen molar-refractivity contribution in [2.75, 3.05) is 0 Å². The predicted molar refractivity (Wildman–Crippen MR) is 76.8 cm³/mol. The summed E-state index contributed by atoms with van der Waals surface area (Å²) in [6, 6.07) is 8.01. The standard InChI is InChI=1S/C13H14IN3O/c14-10-5-3-9(4-6-10)11-16-12(17-18-11)13(15)7-1-2-8-13/h3-6H,1-2,7-8,15H2. The SMILES string of the molecule is NC1(c2noc(-c3ccc(I)cc3)n2)CCCC1. The second kappa shape index (κ2) is 4.62. The minimum Gasteiger partial charge on any atom is -0.334 e. The summed E-state index contributed by atoms with van der Waals surface area (Å²) in [6.45, 7) is 0. The molecule has 0 bridgehead atoms. The van der Waals surface area contributed by atoms with Crippen LogP contribution < -0.4 is 5.73 Å². The molecular formula is C13H14IN3O. The zero-order valence-corrected chi connectivity index (χ0v) is 12.1. The number of halogens is 1. The van der Waals surface area contributed by atoms with Crippen LogP contribution in [-0.4, -0.2) is 10.1 Å². The van der Waals surface area contributed by atoms with E-state index in [9.17, 15) is 0 Å². The van der Waals surface area contributed by atoms with Crippen molar-refractivity contribution in [1.29, 1.82) is 0 Å². The van der Waals surface area contributed by atoms with Gasteiger partial charge in [0, 0.05) is 9.13 Å². The van der Waals surface area contributed by atoms with Crippen molar-refractivity contribution in [3.8, 4) is 11.5 Å². The highest BCUT2D eigenvalue weighted by molar-refractivity contribution is 14.1. The molecule has 1 aliphatic carbocycles. The molecule has 0 atom stereocenters. The monoisotopic (exact) mass is 355 g/mol. The predicted octanol–water partition coefficient (Wildman–Crippen LogP) is 3.07. The van der Waals surface area contributed by atoms with Gasteiger partial charge in [-0.15, -0.1) is 0 Å². The summed E-state index contributed by atoms with van der Waals surface area (Å²) in [6.07, 6.45) is 4.17. The molecule has 1 aliphatic rings. The molecule has 3 rings (SSSR count). The first-order valence-electron chi connectivity index (χ1n) is 6.06. The molecule has 0 aliphatic heterocycles. The van der Waals surface area contributed by atoms with Crippen LogP contribution in [-0.2, 0) is 5.54 Å². The van der Waals surface area contributed by atoms with Gasteiger partial charge >= 0.3 is 0 Å². The molecule has 1 heterocycles. The van der Waals surface area contributed by atoms with Crippen molar-refractivity contribution < 1.29 is 4.52 Å². The fourth-order valence-electron chi connectivity index (χ4n) is 2.36. The van der Waals surface area contributed by atoms with Crippen molar-refractivity contribution in [3.63, 3.8) is 0 Å². The molecule has 1 aromatic carbocycles. The van der Waals surface area contributed by atoms with Gasteiger partial charge in [-0.2, -0.15) is 4.98 Å². The van der Waals surface area contributed by atoms with Crippen LogP contribution >= 0.6 is 22.6 Å². The molecule has 4 nitrogen and oxygen atoms in total. The number of hydrogen-bond acceptors (Lipinski definition) is 4. The number of aromatic nitrogens is 2. The maximum atomic E-state index is 6.31. The van der Waals surface area contributed by atoms with E-state index in [-0.39, 0.29) is 5.54 Å². The first kappa shape index (κ1) is 12.1. The van der Waals surface area contributed by atoms with Gasteiger partial charge in [0.1, 0.15) is 0 Å². The van der Waals surface area contributed by atoms with Gasteiger partial charge in [-0.1, -0.05) is 18.0 Å². The van der Waals surface area contributed by atoms with Crippen molar-refractivity contribution in [2.45, 2.75) is 31.2 Å². The third-order valence-electron chi connectivity index (χ3n) is 3.46. The number of nitrogens with two attached hydrogens (primary N) is 1. The first-order chi connectivity index (χ1) is 8.67. The summed E-state index contributed by atoms with van der Waals surface area (Å²) in [5, 5.41) is 4.06. The van der Waals surface area contributed by atoms with Crippen molar-refractivity contribution in [3.05, 3.63) is 33.7 Å². The lowest BCUT2D eigenvalue weighted by Crippen LogP contribution is -2.34. The molecule has 1 fully saturated rings. The number of benzene rings is 1. The van der Waals surface area contributed by atoms with E-state index in [1.807, 2.05) is 24.3 Å². The Morgan fingerprint density at radius 1 is 1.17 bits per heavy atom. The normalized spacial score (nSPS) is 18.1. The Morgan fingerprint density at radius 2 is 1.83 bits per heavy atom. The van der Waals surface area contributed by atoms with Crippen molar-refractivity contribution >= 4 is 22.6 Å². The fourth-order valence-corrected chi connectivity index (χ4v) is 2.72. The Labute approximate surface area is 119 Å². The molecule has 1 saturated carbocycles. The van der Waals surface area contributed by atoms with E-state index in [0.717, 1.165) is 31.2 Å². The van der Waals surface area contributed by atoms with Gasteiger partial charge < -0.3 is 10.3 Å². The molecule has 2 N–H and O–H groups in total. The zero-order valence-electron chi connectivity index (χ0n) is 9.90. The molecule has 0 unspecified atom stereocenters. The highest BCUT2D eigenvalue weighted by atomic mass is 127. The molecule has 0 spiro atoms. The Bertz CT molecular complexity index is 544. The van der Waals surface area contributed by atoms with Gasteiger partial charge in [0.25, 0.3) is 5.89 Å².